The van der Waals surface area contributed by atoms with E-state index >= 15 is 0 Å². The van der Waals surface area contributed by atoms with E-state index < -0.39 is 11.9 Å². The quantitative estimate of drug-likeness (QED) is 0.858. The van der Waals surface area contributed by atoms with Gasteiger partial charge in [0.2, 0.25) is 0 Å². The number of nitrogens with one attached hydrogen (secondary N) is 1. The van der Waals surface area contributed by atoms with Crippen molar-refractivity contribution in [1.29, 1.82) is 0 Å². The zero-order chi connectivity index (χ0) is 13.6. The fourth-order valence-corrected chi connectivity index (χ4v) is 2.06. The van der Waals surface area contributed by atoms with Crippen LogP contribution in [-0.4, -0.2) is 17.1 Å². The Balaban J connectivity index is 2.12. The molecule has 1 aromatic heterocycles. The third-order valence-electron chi connectivity index (χ3n) is 3.71. The van der Waals surface area contributed by atoms with E-state index in [-0.39, 0.29) is 23.3 Å². The number of rotatable bonds is 2. The molecule has 0 aliphatic heterocycles. The highest BCUT2D eigenvalue weighted by Gasteiger charge is 2.46. The largest absolute Gasteiger partial charge is 0.433 e. The molecule has 6 heteroatoms. The summed E-state index contributed by atoms with van der Waals surface area (Å²) in [5.41, 5.74) is 4.85. The third-order valence-corrected chi connectivity index (χ3v) is 3.71. The first-order valence-corrected chi connectivity index (χ1v) is 5.77. The molecule has 1 aromatic rings. The van der Waals surface area contributed by atoms with Gasteiger partial charge < -0.3 is 11.1 Å². The fraction of sp³-hybridized carbons (Fsp3) is 0.583. The Labute approximate surface area is 104 Å². The number of anilines is 1. The zero-order valence-corrected chi connectivity index (χ0v) is 10.3. The lowest BCUT2D eigenvalue weighted by Gasteiger charge is -2.50. The summed E-state index contributed by atoms with van der Waals surface area (Å²) in [5, 5.41) is 3.02. The van der Waals surface area contributed by atoms with Crippen LogP contribution in [0.3, 0.4) is 0 Å². The van der Waals surface area contributed by atoms with Gasteiger partial charge in [0.1, 0.15) is 11.5 Å². The molecule has 2 atom stereocenters. The van der Waals surface area contributed by atoms with Crippen LogP contribution in [0, 0.1) is 5.41 Å². The van der Waals surface area contributed by atoms with Gasteiger partial charge in [-0.1, -0.05) is 19.9 Å². The van der Waals surface area contributed by atoms with Crippen molar-refractivity contribution in [1.82, 2.24) is 4.98 Å². The van der Waals surface area contributed by atoms with Gasteiger partial charge in [0, 0.05) is 17.5 Å². The number of aromatic nitrogens is 1. The Bertz CT molecular complexity index is 442. The Morgan fingerprint density at radius 1 is 1.39 bits per heavy atom. The molecule has 100 valence electrons. The summed E-state index contributed by atoms with van der Waals surface area (Å²) in [4.78, 5) is 3.58. The number of nitrogens with zero attached hydrogens (tertiary/aromatic N) is 1. The van der Waals surface area contributed by atoms with E-state index in [1.165, 1.54) is 12.1 Å². The highest BCUT2D eigenvalue weighted by atomic mass is 19.4. The van der Waals surface area contributed by atoms with Crippen LogP contribution in [0.5, 0.6) is 0 Å². The van der Waals surface area contributed by atoms with Crippen molar-refractivity contribution in [2.75, 3.05) is 5.32 Å². The Kier molecular flexibility index (Phi) is 3.01. The van der Waals surface area contributed by atoms with E-state index in [0.29, 0.717) is 0 Å². The number of pyridine rings is 1. The summed E-state index contributed by atoms with van der Waals surface area (Å²) in [6.07, 6.45) is -3.67. The fourth-order valence-electron chi connectivity index (χ4n) is 2.06. The predicted molar refractivity (Wildman–Crippen MR) is 63.0 cm³/mol. The Morgan fingerprint density at radius 2 is 2.06 bits per heavy atom. The molecule has 2 unspecified atom stereocenters. The van der Waals surface area contributed by atoms with E-state index in [1.807, 2.05) is 13.8 Å². The predicted octanol–water partition coefficient (Wildman–Crippen LogP) is 2.64. The standard InChI is InChI=1S/C12H16F3N3/c1-11(2)7(16)6-9(11)18-10-5-3-4-8(17-10)12(13,14)15/h3-5,7,9H,6,16H2,1-2H3,(H,17,18). The van der Waals surface area contributed by atoms with Crippen LogP contribution in [0.25, 0.3) is 0 Å². The van der Waals surface area contributed by atoms with Gasteiger partial charge >= 0.3 is 6.18 Å². The van der Waals surface area contributed by atoms with Crippen molar-refractivity contribution in [3.8, 4) is 0 Å². The molecule has 0 saturated heterocycles. The molecule has 0 bridgehead atoms. The SMILES string of the molecule is CC1(C)C(N)CC1Nc1cccc(C(F)(F)F)n1. The van der Waals surface area contributed by atoms with Crippen molar-refractivity contribution in [2.45, 2.75) is 38.5 Å². The second-order valence-corrected chi connectivity index (χ2v) is 5.27. The van der Waals surface area contributed by atoms with Gasteiger partial charge in [-0.05, 0) is 18.6 Å². The van der Waals surface area contributed by atoms with Crippen molar-refractivity contribution in [3.63, 3.8) is 0 Å². The maximum absolute atomic E-state index is 12.5. The second kappa shape index (κ2) is 4.12. The number of hydrogen-bond donors (Lipinski definition) is 2. The minimum atomic E-state index is -4.41. The first-order chi connectivity index (χ1) is 8.21. The van der Waals surface area contributed by atoms with Crippen LogP contribution in [0.4, 0.5) is 19.0 Å². The highest BCUT2D eigenvalue weighted by Crippen LogP contribution is 2.40. The van der Waals surface area contributed by atoms with Crippen LogP contribution >= 0.6 is 0 Å². The lowest BCUT2D eigenvalue weighted by Crippen LogP contribution is -2.61. The van der Waals surface area contributed by atoms with Gasteiger partial charge in [0.05, 0.1) is 0 Å². The minimum Gasteiger partial charge on any atom is -0.367 e. The molecule has 0 radical (unpaired) electrons. The summed E-state index contributed by atoms with van der Waals surface area (Å²) < 4.78 is 37.5. The lowest BCUT2D eigenvalue weighted by molar-refractivity contribution is -0.141. The summed E-state index contributed by atoms with van der Waals surface area (Å²) in [6.45, 7) is 3.99. The first kappa shape index (κ1) is 13.1. The average molecular weight is 259 g/mol. The van der Waals surface area contributed by atoms with Crippen LogP contribution in [0.1, 0.15) is 26.0 Å². The Morgan fingerprint density at radius 3 is 2.56 bits per heavy atom. The van der Waals surface area contributed by atoms with Gasteiger partial charge in [-0.2, -0.15) is 13.2 Å². The van der Waals surface area contributed by atoms with E-state index in [9.17, 15) is 13.2 Å². The van der Waals surface area contributed by atoms with E-state index in [0.717, 1.165) is 12.5 Å². The number of hydrogen-bond acceptors (Lipinski definition) is 3. The van der Waals surface area contributed by atoms with Crippen LogP contribution in [0.2, 0.25) is 0 Å². The van der Waals surface area contributed by atoms with E-state index in [1.54, 1.807) is 0 Å². The molecule has 0 aromatic carbocycles. The smallest absolute Gasteiger partial charge is 0.367 e. The van der Waals surface area contributed by atoms with Gasteiger partial charge in [0.25, 0.3) is 0 Å². The highest BCUT2D eigenvalue weighted by molar-refractivity contribution is 5.39. The van der Waals surface area contributed by atoms with Crippen molar-refractivity contribution in [3.05, 3.63) is 23.9 Å². The molecular weight excluding hydrogens is 243 g/mol. The molecule has 1 aliphatic rings. The van der Waals surface area contributed by atoms with Crippen molar-refractivity contribution < 1.29 is 13.2 Å². The maximum Gasteiger partial charge on any atom is 0.433 e. The summed E-state index contributed by atoms with van der Waals surface area (Å²) in [5.74, 6) is 0.245. The van der Waals surface area contributed by atoms with Crippen LogP contribution in [-0.2, 0) is 6.18 Å². The molecule has 3 nitrogen and oxygen atoms in total. The molecule has 1 heterocycles. The van der Waals surface area contributed by atoms with Crippen LogP contribution in [0.15, 0.2) is 18.2 Å². The van der Waals surface area contributed by atoms with E-state index in [4.69, 9.17) is 5.73 Å². The molecule has 2 rings (SSSR count). The molecule has 1 aliphatic carbocycles. The van der Waals surface area contributed by atoms with Crippen LogP contribution < -0.4 is 11.1 Å². The summed E-state index contributed by atoms with van der Waals surface area (Å²) in [7, 11) is 0. The second-order valence-electron chi connectivity index (χ2n) is 5.27. The van der Waals surface area contributed by atoms with E-state index in [2.05, 4.69) is 10.3 Å². The van der Waals surface area contributed by atoms with Gasteiger partial charge in [0.15, 0.2) is 0 Å². The number of halogens is 3. The van der Waals surface area contributed by atoms with Gasteiger partial charge in [-0.15, -0.1) is 0 Å². The molecule has 1 saturated carbocycles. The molecule has 18 heavy (non-hydrogen) atoms. The van der Waals surface area contributed by atoms with Gasteiger partial charge in [-0.25, -0.2) is 4.98 Å². The maximum atomic E-state index is 12.5. The van der Waals surface area contributed by atoms with Crippen molar-refractivity contribution >= 4 is 5.82 Å². The summed E-state index contributed by atoms with van der Waals surface area (Å²) >= 11 is 0. The molecule has 3 N–H and O–H groups in total. The number of nitrogens with two attached hydrogens (primary N) is 1. The summed E-state index contributed by atoms with van der Waals surface area (Å²) in [6, 6.07) is 3.98. The molecular formula is C12H16F3N3. The lowest BCUT2D eigenvalue weighted by atomic mass is 9.63. The zero-order valence-electron chi connectivity index (χ0n) is 10.3. The monoisotopic (exact) mass is 259 g/mol. The Hall–Kier alpha value is -1.30. The van der Waals surface area contributed by atoms with Crippen molar-refractivity contribution in [2.24, 2.45) is 11.1 Å². The molecule has 0 amide bonds. The van der Waals surface area contributed by atoms with Gasteiger partial charge in [-0.3, -0.25) is 0 Å². The third kappa shape index (κ3) is 2.29. The average Bonchev–Trinajstić information content (AvgIpc) is 2.28. The first-order valence-electron chi connectivity index (χ1n) is 5.77. The normalized spacial score (nSPS) is 26.6. The molecule has 1 fully saturated rings. The number of alkyl halides is 3. The topological polar surface area (TPSA) is 50.9 Å². The minimum absolute atomic E-state index is 0.0588. The molecule has 0 spiro atoms.